The van der Waals surface area contributed by atoms with E-state index in [1.54, 1.807) is 35.3 Å². The molecule has 0 aliphatic rings. The zero-order valence-corrected chi connectivity index (χ0v) is 14.4. The maximum Gasteiger partial charge on any atom is 0.251 e. The van der Waals surface area contributed by atoms with Gasteiger partial charge >= 0.3 is 0 Å². The van der Waals surface area contributed by atoms with Gasteiger partial charge in [0.05, 0.1) is 11.7 Å². The smallest absolute Gasteiger partial charge is 0.251 e. The number of carbonyl (C=O) groups is 1. The molecule has 7 heteroatoms. The molecule has 3 rings (SSSR count). The zero-order valence-electron chi connectivity index (χ0n) is 13.6. The van der Waals surface area contributed by atoms with Crippen LogP contribution < -0.4 is 11.1 Å². The fourth-order valence-corrected chi connectivity index (χ4v) is 2.54. The quantitative estimate of drug-likeness (QED) is 0.690. The van der Waals surface area contributed by atoms with Crippen LogP contribution in [-0.4, -0.2) is 25.7 Å². The Labute approximate surface area is 150 Å². The molecule has 3 aromatic rings. The third kappa shape index (κ3) is 3.89. The summed E-state index contributed by atoms with van der Waals surface area (Å²) in [6.07, 6.45) is 3.12. The molecule has 0 saturated carbocycles. The fraction of sp³-hybridized carbons (Fsp3) is 0.111. The average Bonchev–Trinajstić information content (AvgIpc) is 3.16. The Balaban J connectivity index is 1.67. The maximum absolute atomic E-state index is 12.4. The molecule has 6 nitrogen and oxygen atoms in total. The van der Waals surface area contributed by atoms with Crippen LogP contribution in [0, 0.1) is 0 Å². The molecular formula is C18H17N5OS. The van der Waals surface area contributed by atoms with Gasteiger partial charge in [-0.3, -0.25) is 4.79 Å². The number of hydrogen-bond acceptors (Lipinski definition) is 4. The fourth-order valence-electron chi connectivity index (χ4n) is 2.41. The number of amides is 1. The van der Waals surface area contributed by atoms with Crippen molar-refractivity contribution in [3.63, 3.8) is 0 Å². The van der Waals surface area contributed by atoms with E-state index in [4.69, 9.17) is 18.0 Å². The van der Waals surface area contributed by atoms with E-state index in [-0.39, 0.29) is 11.9 Å². The number of nitrogens with one attached hydrogen (secondary N) is 1. The van der Waals surface area contributed by atoms with Gasteiger partial charge in [0.15, 0.2) is 0 Å². The van der Waals surface area contributed by atoms with Crippen molar-refractivity contribution < 1.29 is 4.79 Å². The highest BCUT2D eigenvalue weighted by molar-refractivity contribution is 7.80. The Bertz CT molecular complexity index is 873. The molecule has 0 aliphatic carbocycles. The summed E-state index contributed by atoms with van der Waals surface area (Å²) in [5, 5.41) is 7.06. The van der Waals surface area contributed by atoms with Crippen molar-refractivity contribution >= 4 is 23.1 Å². The summed E-state index contributed by atoms with van der Waals surface area (Å²) in [6.45, 7) is 1.94. The molecule has 126 valence electrons. The van der Waals surface area contributed by atoms with Crippen LogP contribution >= 0.6 is 12.2 Å². The lowest BCUT2D eigenvalue weighted by atomic mass is 10.1. The first-order valence-corrected chi connectivity index (χ1v) is 8.11. The third-order valence-electron chi connectivity index (χ3n) is 3.86. The summed E-state index contributed by atoms with van der Waals surface area (Å²) in [6, 6.07) is 14.6. The molecule has 3 N–H and O–H groups in total. The summed E-state index contributed by atoms with van der Waals surface area (Å²) in [5.41, 5.74) is 8.77. The standard InChI is InChI=1S/C18H17N5OS/c1-12(13-6-8-16(9-7-13)23-11-20-10-21-23)22-18(24)15-4-2-14(3-5-15)17(19)25/h2-12H,1H3,(H2,19,25)(H,22,24). The molecule has 0 spiro atoms. The average molecular weight is 351 g/mol. The second-order valence-electron chi connectivity index (χ2n) is 5.57. The molecule has 2 aromatic carbocycles. The van der Waals surface area contributed by atoms with Gasteiger partial charge in [0.25, 0.3) is 5.91 Å². The molecule has 0 fully saturated rings. The minimum atomic E-state index is -0.151. The van der Waals surface area contributed by atoms with E-state index < -0.39 is 0 Å². The van der Waals surface area contributed by atoms with Gasteiger partial charge in [0.2, 0.25) is 0 Å². The number of nitrogens with two attached hydrogens (primary N) is 1. The molecule has 25 heavy (non-hydrogen) atoms. The maximum atomic E-state index is 12.4. The van der Waals surface area contributed by atoms with Crippen LogP contribution in [0.2, 0.25) is 0 Å². The Morgan fingerprint density at radius 1 is 1.12 bits per heavy atom. The number of carbonyl (C=O) groups excluding carboxylic acids is 1. The summed E-state index contributed by atoms with van der Waals surface area (Å²) >= 11 is 4.91. The van der Waals surface area contributed by atoms with Crippen molar-refractivity contribution in [1.82, 2.24) is 20.1 Å². The summed E-state index contributed by atoms with van der Waals surface area (Å²) in [4.78, 5) is 16.6. The second kappa shape index (κ2) is 7.23. The Morgan fingerprint density at radius 3 is 2.32 bits per heavy atom. The van der Waals surface area contributed by atoms with Crippen LogP contribution in [-0.2, 0) is 0 Å². The van der Waals surface area contributed by atoms with Gasteiger partial charge in [-0.05, 0) is 36.8 Å². The van der Waals surface area contributed by atoms with Gasteiger partial charge in [0, 0.05) is 11.1 Å². The molecule has 1 amide bonds. The highest BCUT2D eigenvalue weighted by atomic mass is 32.1. The van der Waals surface area contributed by atoms with E-state index in [2.05, 4.69) is 15.4 Å². The van der Waals surface area contributed by atoms with Crippen LogP contribution in [0.5, 0.6) is 0 Å². The van der Waals surface area contributed by atoms with Gasteiger partial charge in [-0.15, -0.1) is 0 Å². The first-order chi connectivity index (χ1) is 12.0. The Morgan fingerprint density at radius 2 is 1.76 bits per heavy atom. The lowest BCUT2D eigenvalue weighted by molar-refractivity contribution is 0.0940. The van der Waals surface area contributed by atoms with Crippen molar-refractivity contribution in [2.24, 2.45) is 5.73 Å². The topological polar surface area (TPSA) is 85.8 Å². The van der Waals surface area contributed by atoms with E-state index in [1.165, 1.54) is 6.33 Å². The SMILES string of the molecule is CC(NC(=O)c1ccc(C(N)=S)cc1)c1ccc(-n2cncn2)cc1. The van der Waals surface area contributed by atoms with Crippen LogP contribution in [0.1, 0.15) is 34.5 Å². The highest BCUT2D eigenvalue weighted by Gasteiger charge is 2.12. The normalized spacial score (nSPS) is 11.7. The van der Waals surface area contributed by atoms with E-state index in [0.29, 0.717) is 10.6 Å². The zero-order chi connectivity index (χ0) is 17.8. The minimum Gasteiger partial charge on any atom is -0.389 e. The Kier molecular flexibility index (Phi) is 4.85. The lowest BCUT2D eigenvalue weighted by Crippen LogP contribution is -2.26. The third-order valence-corrected chi connectivity index (χ3v) is 4.09. The molecule has 0 radical (unpaired) electrons. The molecule has 1 atom stereocenters. The lowest BCUT2D eigenvalue weighted by Gasteiger charge is -2.15. The second-order valence-corrected chi connectivity index (χ2v) is 6.01. The molecule has 1 aromatic heterocycles. The minimum absolute atomic E-state index is 0.132. The molecule has 1 unspecified atom stereocenters. The predicted octanol–water partition coefficient (Wildman–Crippen LogP) is 2.39. The molecule has 0 bridgehead atoms. The van der Waals surface area contributed by atoms with Gasteiger partial charge in [0.1, 0.15) is 17.6 Å². The van der Waals surface area contributed by atoms with Crippen molar-refractivity contribution in [3.05, 3.63) is 77.9 Å². The van der Waals surface area contributed by atoms with E-state index in [0.717, 1.165) is 16.8 Å². The van der Waals surface area contributed by atoms with Gasteiger partial charge in [-0.25, -0.2) is 9.67 Å². The van der Waals surface area contributed by atoms with Gasteiger partial charge in [-0.1, -0.05) is 36.5 Å². The summed E-state index contributed by atoms with van der Waals surface area (Å²) < 4.78 is 1.68. The van der Waals surface area contributed by atoms with Crippen LogP contribution in [0.15, 0.2) is 61.2 Å². The van der Waals surface area contributed by atoms with Crippen LogP contribution in [0.4, 0.5) is 0 Å². The van der Waals surface area contributed by atoms with Gasteiger partial charge in [-0.2, -0.15) is 5.10 Å². The first-order valence-electron chi connectivity index (χ1n) is 7.70. The number of rotatable bonds is 5. The number of benzene rings is 2. The van der Waals surface area contributed by atoms with Gasteiger partial charge < -0.3 is 11.1 Å². The predicted molar refractivity (Wildman–Crippen MR) is 99.6 cm³/mol. The van der Waals surface area contributed by atoms with Crippen LogP contribution in [0.25, 0.3) is 5.69 Å². The monoisotopic (exact) mass is 351 g/mol. The summed E-state index contributed by atoms with van der Waals surface area (Å²) in [7, 11) is 0. The van der Waals surface area contributed by atoms with E-state index in [9.17, 15) is 4.79 Å². The van der Waals surface area contributed by atoms with Crippen LogP contribution in [0.3, 0.4) is 0 Å². The number of aromatic nitrogens is 3. The van der Waals surface area contributed by atoms with Crippen molar-refractivity contribution in [2.45, 2.75) is 13.0 Å². The van der Waals surface area contributed by atoms with E-state index >= 15 is 0 Å². The Hall–Kier alpha value is -3.06. The van der Waals surface area contributed by atoms with Crippen molar-refractivity contribution in [1.29, 1.82) is 0 Å². The first kappa shape index (κ1) is 16.8. The number of thiocarbonyl (C=S) groups is 1. The molecular weight excluding hydrogens is 334 g/mol. The van der Waals surface area contributed by atoms with Crippen molar-refractivity contribution in [3.8, 4) is 5.69 Å². The summed E-state index contributed by atoms with van der Waals surface area (Å²) in [5.74, 6) is -0.151. The number of nitrogens with zero attached hydrogens (tertiary/aromatic N) is 3. The van der Waals surface area contributed by atoms with E-state index in [1.807, 2.05) is 31.2 Å². The van der Waals surface area contributed by atoms with Crippen molar-refractivity contribution in [2.75, 3.05) is 0 Å². The highest BCUT2D eigenvalue weighted by Crippen LogP contribution is 2.16. The molecule has 0 saturated heterocycles. The molecule has 1 heterocycles. The molecule has 0 aliphatic heterocycles. The number of hydrogen-bond donors (Lipinski definition) is 2. The largest absolute Gasteiger partial charge is 0.389 e.